The molecule has 19 heavy (non-hydrogen) atoms. The molecule has 0 atom stereocenters. The number of nitrogens with one attached hydrogen (secondary N) is 1. The highest BCUT2D eigenvalue weighted by molar-refractivity contribution is 8.13. The molecule has 0 bridgehead atoms. The molecule has 1 amide bonds. The summed E-state index contributed by atoms with van der Waals surface area (Å²) in [6, 6.07) is 2.09. The van der Waals surface area contributed by atoms with E-state index in [4.69, 9.17) is 33.9 Å². The zero-order valence-electron chi connectivity index (χ0n) is 8.96. The second-order valence-electron chi connectivity index (χ2n) is 3.27. The molecule has 10 heteroatoms. The molecule has 0 saturated heterocycles. The van der Waals surface area contributed by atoms with Gasteiger partial charge < -0.3 is 5.32 Å². The van der Waals surface area contributed by atoms with Gasteiger partial charge >= 0.3 is 0 Å². The molecule has 0 radical (unpaired) electrons. The molecule has 1 rings (SSSR count). The standard InChI is InChI=1S/C9H6Cl3F2NO3S/c10-4-1-2-5(19(12,17)18)8(11)7(4)9(16)15-3-6(13)14/h1-2,6H,3H2,(H,15,16). The number of hydrogen-bond acceptors (Lipinski definition) is 3. The molecule has 1 aromatic carbocycles. The van der Waals surface area contributed by atoms with Crippen LogP contribution in [0.2, 0.25) is 10.0 Å². The average Bonchev–Trinajstić information content (AvgIpc) is 2.24. The molecule has 0 saturated carbocycles. The van der Waals surface area contributed by atoms with Gasteiger partial charge in [-0.05, 0) is 12.1 Å². The number of alkyl halides is 2. The first kappa shape index (κ1) is 16.4. The Bertz CT molecular complexity index is 607. The van der Waals surface area contributed by atoms with Gasteiger partial charge in [-0.3, -0.25) is 4.79 Å². The summed E-state index contributed by atoms with van der Waals surface area (Å²) in [7, 11) is 0.929. The van der Waals surface area contributed by atoms with Crippen LogP contribution in [0.15, 0.2) is 17.0 Å². The largest absolute Gasteiger partial charge is 0.346 e. The molecule has 1 N–H and O–H groups in total. The van der Waals surface area contributed by atoms with Crippen molar-refractivity contribution < 1.29 is 22.0 Å². The summed E-state index contributed by atoms with van der Waals surface area (Å²) in [6.07, 6.45) is -2.76. The third-order valence-corrected chi connectivity index (χ3v) is 4.15. The molecule has 0 spiro atoms. The van der Waals surface area contributed by atoms with Crippen molar-refractivity contribution in [3.05, 3.63) is 27.7 Å². The van der Waals surface area contributed by atoms with Crippen molar-refractivity contribution in [2.75, 3.05) is 6.54 Å². The van der Waals surface area contributed by atoms with E-state index in [1.807, 2.05) is 5.32 Å². The number of rotatable bonds is 4. The number of benzene rings is 1. The van der Waals surface area contributed by atoms with Crippen LogP contribution in [0.25, 0.3) is 0 Å². The predicted molar refractivity (Wildman–Crippen MR) is 67.8 cm³/mol. The molecule has 4 nitrogen and oxygen atoms in total. The normalized spacial score (nSPS) is 11.7. The third-order valence-electron chi connectivity index (χ3n) is 1.96. The number of halogens is 5. The Morgan fingerprint density at radius 1 is 1.32 bits per heavy atom. The van der Waals surface area contributed by atoms with Crippen LogP contribution in [0, 0.1) is 0 Å². The van der Waals surface area contributed by atoms with Crippen molar-refractivity contribution in [1.29, 1.82) is 0 Å². The van der Waals surface area contributed by atoms with Gasteiger partial charge in [0.2, 0.25) is 0 Å². The fraction of sp³-hybridized carbons (Fsp3) is 0.222. The Balaban J connectivity index is 3.24. The van der Waals surface area contributed by atoms with Crippen LogP contribution >= 0.6 is 33.9 Å². The Hall–Kier alpha value is -0.630. The lowest BCUT2D eigenvalue weighted by atomic mass is 10.2. The Labute approximate surface area is 122 Å². The van der Waals surface area contributed by atoms with Crippen LogP contribution in [-0.2, 0) is 9.05 Å². The van der Waals surface area contributed by atoms with Crippen molar-refractivity contribution in [3.8, 4) is 0 Å². The summed E-state index contributed by atoms with van der Waals surface area (Å²) in [4.78, 5) is 11.1. The first-order valence-corrected chi connectivity index (χ1v) is 7.70. The van der Waals surface area contributed by atoms with E-state index in [2.05, 4.69) is 0 Å². The minimum Gasteiger partial charge on any atom is -0.346 e. The van der Waals surface area contributed by atoms with E-state index >= 15 is 0 Å². The van der Waals surface area contributed by atoms with Crippen LogP contribution in [-0.4, -0.2) is 27.3 Å². The van der Waals surface area contributed by atoms with Gasteiger partial charge in [0.05, 0.1) is 22.2 Å². The molecule has 0 unspecified atom stereocenters. The maximum atomic E-state index is 12.0. The lowest BCUT2D eigenvalue weighted by molar-refractivity contribution is 0.0892. The quantitative estimate of drug-likeness (QED) is 0.848. The lowest BCUT2D eigenvalue weighted by Crippen LogP contribution is -2.29. The highest BCUT2D eigenvalue weighted by atomic mass is 35.7. The zero-order valence-corrected chi connectivity index (χ0v) is 12.0. The van der Waals surface area contributed by atoms with E-state index in [1.165, 1.54) is 0 Å². The van der Waals surface area contributed by atoms with Gasteiger partial charge in [0.25, 0.3) is 21.4 Å². The molecular weight excluding hydrogens is 347 g/mol. The molecule has 0 heterocycles. The predicted octanol–water partition coefficient (Wildman–Crippen LogP) is 2.92. The second-order valence-corrected chi connectivity index (χ2v) is 6.59. The average molecular weight is 353 g/mol. The van der Waals surface area contributed by atoms with E-state index < -0.39 is 43.4 Å². The summed E-state index contributed by atoms with van der Waals surface area (Å²) < 4.78 is 46.3. The summed E-state index contributed by atoms with van der Waals surface area (Å²) in [5.41, 5.74) is -0.425. The first-order valence-electron chi connectivity index (χ1n) is 4.63. The number of carbonyl (C=O) groups is 1. The minimum absolute atomic E-state index is 0.180. The van der Waals surface area contributed by atoms with Crippen LogP contribution in [0.1, 0.15) is 10.4 Å². The van der Waals surface area contributed by atoms with E-state index in [1.54, 1.807) is 0 Å². The van der Waals surface area contributed by atoms with Gasteiger partial charge in [0.15, 0.2) is 0 Å². The van der Waals surface area contributed by atoms with Gasteiger partial charge in [-0.25, -0.2) is 17.2 Å². The van der Waals surface area contributed by atoms with Crippen molar-refractivity contribution >= 4 is 48.8 Å². The molecule has 106 valence electrons. The molecule has 0 aliphatic rings. The molecule has 0 aromatic heterocycles. The fourth-order valence-corrected chi connectivity index (χ4v) is 3.09. The maximum Gasteiger partial charge on any atom is 0.262 e. The number of hydrogen-bond donors (Lipinski definition) is 1. The van der Waals surface area contributed by atoms with Gasteiger partial charge in [0, 0.05) is 10.7 Å². The Morgan fingerprint density at radius 3 is 2.37 bits per heavy atom. The Kier molecular flexibility index (Phi) is 5.37. The summed E-state index contributed by atoms with van der Waals surface area (Å²) >= 11 is 11.4. The van der Waals surface area contributed by atoms with Crippen molar-refractivity contribution in [2.45, 2.75) is 11.3 Å². The topological polar surface area (TPSA) is 63.2 Å². The molecule has 1 aromatic rings. The molecular formula is C9H6Cl3F2NO3S. The number of amides is 1. The molecule has 0 aliphatic carbocycles. The fourth-order valence-electron chi connectivity index (χ4n) is 1.19. The summed E-state index contributed by atoms with van der Waals surface area (Å²) in [5.74, 6) is -1.02. The third kappa shape index (κ3) is 4.17. The van der Waals surface area contributed by atoms with Gasteiger partial charge in [-0.2, -0.15) is 0 Å². The van der Waals surface area contributed by atoms with Crippen molar-refractivity contribution in [1.82, 2.24) is 5.32 Å². The highest BCUT2D eigenvalue weighted by Gasteiger charge is 2.23. The molecule has 0 aliphatic heterocycles. The van der Waals surface area contributed by atoms with Crippen molar-refractivity contribution in [3.63, 3.8) is 0 Å². The first-order chi connectivity index (χ1) is 8.64. The van der Waals surface area contributed by atoms with Crippen LogP contribution in [0.4, 0.5) is 8.78 Å². The van der Waals surface area contributed by atoms with Crippen molar-refractivity contribution in [2.24, 2.45) is 0 Å². The summed E-state index contributed by atoms with van der Waals surface area (Å²) in [6.45, 7) is -0.913. The summed E-state index contributed by atoms with van der Waals surface area (Å²) in [5, 5.41) is 1.16. The van der Waals surface area contributed by atoms with Gasteiger partial charge in [0.1, 0.15) is 4.90 Å². The SMILES string of the molecule is O=C(NCC(F)F)c1c(Cl)ccc(S(=O)(=O)Cl)c1Cl. The van der Waals surface area contributed by atoms with E-state index in [-0.39, 0.29) is 5.02 Å². The van der Waals surface area contributed by atoms with Crippen LogP contribution in [0.5, 0.6) is 0 Å². The Morgan fingerprint density at radius 2 is 1.89 bits per heavy atom. The van der Waals surface area contributed by atoms with Crippen LogP contribution < -0.4 is 5.32 Å². The monoisotopic (exact) mass is 351 g/mol. The maximum absolute atomic E-state index is 12.0. The van der Waals surface area contributed by atoms with Gasteiger partial charge in [-0.1, -0.05) is 23.2 Å². The molecule has 0 fully saturated rings. The van der Waals surface area contributed by atoms with Crippen LogP contribution in [0.3, 0.4) is 0 Å². The lowest BCUT2D eigenvalue weighted by Gasteiger charge is -2.10. The van der Waals surface area contributed by atoms with Gasteiger partial charge in [-0.15, -0.1) is 0 Å². The van der Waals surface area contributed by atoms with E-state index in [0.717, 1.165) is 12.1 Å². The smallest absolute Gasteiger partial charge is 0.262 e. The minimum atomic E-state index is -4.18. The highest BCUT2D eigenvalue weighted by Crippen LogP contribution is 2.32. The zero-order chi connectivity index (χ0) is 14.8. The van der Waals surface area contributed by atoms with E-state index in [9.17, 15) is 22.0 Å². The van der Waals surface area contributed by atoms with E-state index in [0.29, 0.717) is 0 Å². The second kappa shape index (κ2) is 6.21. The number of carbonyl (C=O) groups excluding carboxylic acids is 1.